The minimum absolute atomic E-state index is 0.641. The van der Waals surface area contributed by atoms with Crippen molar-refractivity contribution in [3.05, 3.63) is 44.7 Å². The van der Waals surface area contributed by atoms with Gasteiger partial charge < -0.3 is 14.5 Å². The number of aromatic amines is 1. The summed E-state index contributed by atoms with van der Waals surface area (Å²) in [5, 5.41) is 0. The minimum atomic E-state index is 0.641. The topological polar surface area (TPSA) is 39.2 Å². The van der Waals surface area contributed by atoms with Gasteiger partial charge in [0.1, 0.15) is 11.5 Å². The zero-order valence-electron chi connectivity index (χ0n) is 11.5. The Kier molecular flexibility index (Phi) is 3.90. The molecule has 0 saturated heterocycles. The van der Waals surface area contributed by atoms with Crippen LogP contribution in [0.15, 0.2) is 36.4 Å². The largest absolute Gasteiger partial charge is 0.497 e. The molecule has 0 bridgehead atoms. The van der Waals surface area contributed by atoms with Gasteiger partial charge in [0, 0.05) is 21.8 Å². The molecule has 1 N–H and O–H groups in total. The molecule has 0 fully saturated rings. The average molecular weight is 412 g/mol. The lowest BCUT2D eigenvalue weighted by molar-refractivity contribution is 0.394. The summed E-state index contributed by atoms with van der Waals surface area (Å²) in [6, 6.07) is 11.9. The van der Waals surface area contributed by atoms with E-state index in [1.54, 1.807) is 14.2 Å². The summed E-state index contributed by atoms with van der Waals surface area (Å²) in [7, 11) is 3.27. The van der Waals surface area contributed by atoms with Gasteiger partial charge >= 0.3 is 0 Å². The number of fused-ring (bicyclic) bond motifs is 1. The number of imidazole rings is 1. The Morgan fingerprint density at radius 2 is 1.71 bits per heavy atom. The van der Waals surface area contributed by atoms with Crippen LogP contribution in [0.5, 0.6) is 11.5 Å². The van der Waals surface area contributed by atoms with Crippen LogP contribution >= 0.6 is 34.8 Å². The molecule has 2 aromatic carbocycles. The van der Waals surface area contributed by atoms with E-state index in [1.165, 1.54) is 0 Å². The van der Waals surface area contributed by atoms with Crippen LogP contribution in [0.1, 0.15) is 0 Å². The van der Waals surface area contributed by atoms with Crippen molar-refractivity contribution in [2.24, 2.45) is 0 Å². The van der Waals surface area contributed by atoms with E-state index < -0.39 is 0 Å². The standard InChI is InChI=1S/C15H13IN2O2S/c1-19-11-6-10(7-12(8-11)20-2)18-14-4-3-9(16)5-13(14)17-15(18)21/h3-8H,1-2H3,(H,17,21). The third kappa shape index (κ3) is 2.65. The van der Waals surface area contributed by atoms with Crippen LogP contribution in [-0.2, 0) is 0 Å². The zero-order chi connectivity index (χ0) is 15.0. The number of nitrogens with one attached hydrogen (secondary N) is 1. The van der Waals surface area contributed by atoms with Gasteiger partial charge in [0.15, 0.2) is 4.77 Å². The Labute approximate surface area is 140 Å². The molecule has 1 heterocycles. The fraction of sp³-hybridized carbons (Fsp3) is 0.133. The number of benzene rings is 2. The van der Waals surface area contributed by atoms with E-state index in [-0.39, 0.29) is 0 Å². The van der Waals surface area contributed by atoms with Gasteiger partial charge in [0.25, 0.3) is 0 Å². The van der Waals surface area contributed by atoms with E-state index in [1.807, 2.05) is 22.8 Å². The highest BCUT2D eigenvalue weighted by molar-refractivity contribution is 14.1. The van der Waals surface area contributed by atoms with Crippen molar-refractivity contribution < 1.29 is 9.47 Å². The number of aromatic nitrogens is 2. The molecule has 0 saturated carbocycles. The molecule has 0 aliphatic heterocycles. The second-order valence-electron chi connectivity index (χ2n) is 4.50. The highest BCUT2D eigenvalue weighted by Gasteiger charge is 2.10. The van der Waals surface area contributed by atoms with Crippen LogP contribution in [0, 0.1) is 8.34 Å². The molecule has 0 amide bonds. The summed E-state index contributed by atoms with van der Waals surface area (Å²) in [5.41, 5.74) is 2.94. The van der Waals surface area contributed by atoms with Gasteiger partial charge in [-0.3, -0.25) is 4.57 Å². The minimum Gasteiger partial charge on any atom is -0.497 e. The van der Waals surface area contributed by atoms with Crippen molar-refractivity contribution in [2.45, 2.75) is 0 Å². The predicted octanol–water partition coefficient (Wildman–Crippen LogP) is 4.31. The van der Waals surface area contributed by atoms with Crippen LogP contribution in [0.25, 0.3) is 16.7 Å². The predicted molar refractivity (Wildman–Crippen MR) is 94.3 cm³/mol. The molecule has 21 heavy (non-hydrogen) atoms. The maximum absolute atomic E-state index is 5.46. The van der Waals surface area contributed by atoms with Crippen molar-refractivity contribution in [1.82, 2.24) is 9.55 Å². The van der Waals surface area contributed by atoms with Gasteiger partial charge in [-0.1, -0.05) is 0 Å². The number of methoxy groups -OCH3 is 2. The Hall–Kier alpha value is -1.54. The summed E-state index contributed by atoms with van der Waals surface area (Å²) in [6.07, 6.45) is 0. The first kappa shape index (κ1) is 14.4. The molecule has 108 valence electrons. The second-order valence-corrected chi connectivity index (χ2v) is 6.13. The van der Waals surface area contributed by atoms with Crippen LogP contribution in [0.3, 0.4) is 0 Å². The van der Waals surface area contributed by atoms with E-state index in [4.69, 9.17) is 21.7 Å². The lowest BCUT2D eigenvalue weighted by Crippen LogP contribution is -1.96. The van der Waals surface area contributed by atoms with Crippen molar-refractivity contribution in [2.75, 3.05) is 14.2 Å². The van der Waals surface area contributed by atoms with E-state index in [2.05, 4.69) is 45.8 Å². The van der Waals surface area contributed by atoms with E-state index in [0.717, 1.165) is 31.8 Å². The molecule has 3 rings (SSSR count). The fourth-order valence-corrected chi connectivity index (χ4v) is 3.07. The molecule has 3 aromatic rings. The number of H-pyrrole nitrogens is 1. The Balaban J connectivity index is 2.29. The molecule has 0 aliphatic rings. The molecule has 4 nitrogen and oxygen atoms in total. The highest BCUT2D eigenvalue weighted by atomic mass is 127. The maximum atomic E-state index is 5.46. The first-order chi connectivity index (χ1) is 10.1. The second kappa shape index (κ2) is 5.69. The van der Waals surface area contributed by atoms with Gasteiger partial charge in [-0.2, -0.15) is 0 Å². The first-order valence-corrected chi connectivity index (χ1v) is 7.75. The third-order valence-electron chi connectivity index (χ3n) is 3.24. The normalized spacial score (nSPS) is 10.8. The SMILES string of the molecule is COc1cc(OC)cc(-n2c(=S)[nH]c3cc(I)ccc32)c1. The molecular formula is C15H13IN2O2S. The van der Waals surface area contributed by atoms with E-state index >= 15 is 0 Å². The molecule has 0 aliphatic carbocycles. The van der Waals surface area contributed by atoms with Gasteiger partial charge in [0.2, 0.25) is 0 Å². The van der Waals surface area contributed by atoms with Gasteiger partial charge in [0.05, 0.1) is 30.9 Å². The monoisotopic (exact) mass is 412 g/mol. The number of halogens is 1. The van der Waals surface area contributed by atoms with E-state index in [0.29, 0.717) is 4.77 Å². The van der Waals surface area contributed by atoms with Crippen LogP contribution in [0.4, 0.5) is 0 Å². The van der Waals surface area contributed by atoms with Crippen LogP contribution in [0.2, 0.25) is 0 Å². The number of ether oxygens (including phenoxy) is 2. The van der Waals surface area contributed by atoms with Crippen LogP contribution in [-0.4, -0.2) is 23.8 Å². The fourth-order valence-electron chi connectivity index (χ4n) is 2.26. The maximum Gasteiger partial charge on any atom is 0.182 e. The first-order valence-electron chi connectivity index (χ1n) is 6.26. The Bertz CT molecular complexity index is 847. The zero-order valence-corrected chi connectivity index (χ0v) is 14.5. The molecule has 1 aromatic heterocycles. The van der Waals surface area contributed by atoms with Crippen molar-refractivity contribution in [3.63, 3.8) is 0 Å². The smallest absolute Gasteiger partial charge is 0.182 e. The molecular weight excluding hydrogens is 399 g/mol. The molecule has 0 radical (unpaired) electrons. The molecule has 0 atom stereocenters. The van der Waals surface area contributed by atoms with Gasteiger partial charge in [-0.25, -0.2) is 0 Å². The lowest BCUT2D eigenvalue weighted by atomic mass is 10.2. The number of hydrogen-bond donors (Lipinski definition) is 1. The summed E-state index contributed by atoms with van der Waals surface area (Å²) >= 11 is 7.74. The van der Waals surface area contributed by atoms with Gasteiger partial charge in [-0.15, -0.1) is 0 Å². The number of hydrogen-bond acceptors (Lipinski definition) is 3. The summed E-state index contributed by atoms with van der Waals surface area (Å²) < 4.78 is 14.4. The van der Waals surface area contributed by atoms with Crippen LogP contribution < -0.4 is 9.47 Å². The van der Waals surface area contributed by atoms with Crippen molar-refractivity contribution >= 4 is 45.8 Å². The Morgan fingerprint density at radius 1 is 1.05 bits per heavy atom. The molecule has 0 spiro atoms. The quantitative estimate of drug-likeness (QED) is 0.515. The molecule has 6 heteroatoms. The van der Waals surface area contributed by atoms with E-state index in [9.17, 15) is 0 Å². The highest BCUT2D eigenvalue weighted by Crippen LogP contribution is 2.28. The Morgan fingerprint density at radius 3 is 2.33 bits per heavy atom. The lowest BCUT2D eigenvalue weighted by Gasteiger charge is -2.10. The summed E-state index contributed by atoms with van der Waals surface area (Å²) in [5.74, 6) is 1.46. The van der Waals surface area contributed by atoms with Gasteiger partial charge in [-0.05, 0) is 53.0 Å². The third-order valence-corrected chi connectivity index (χ3v) is 4.19. The van der Waals surface area contributed by atoms with Crippen molar-refractivity contribution in [3.8, 4) is 17.2 Å². The summed E-state index contributed by atoms with van der Waals surface area (Å²) in [4.78, 5) is 3.23. The van der Waals surface area contributed by atoms with Crippen molar-refractivity contribution in [1.29, 1.82) is 0 Å². The summed E-state index contributed by atoms with van der Waals surface area (Å²) in [6.45, 7) is 0. The average Bonchev–Trinajstić information content (AvgIpc) is 2.81. The number of rotatable bonds is 3. The number of nitrogens with zero attached hydrogens (tertiary/aromatic N) is 1. The molecule has 0 unspecified atom stereocenters.